The predicted octanol–water partition coefficient (Wildman–Crippen LogP) is 5.52. The summed E-state index contributed by atoms with van der Waals surface area (Å²) in [6.45, 7) is 2.15. The van der Waals surface area contributed by atoms with Crippen LogP contribution in [0, 0.1) is 6.92 Å². The van der Waals surface area contributed by atoms with E-state index in [4.69, 9.17) is 0 Å². The van der Waals surface area contributed by atoms with Crippen LogP contribution >= 0.6 is 0 Å². The van der Waals surface area contributed by atoms with E-state index in [-0.39, 0.29) is 6.17 Å². The molecule has 0 radical (unpaired) electrons. The van der Waals surface area contributed by atoms with E-state index in [9.17, 15) is 0 Å². The SMILES string of the molecule is Cc1cc(-c2ccccc2)cc(-c2ccc(C3N=CC=CN3)cc2)c1. The summed E-state index contributed by atoms with van der Waals surface area (Å²) in [6.07, 6.45) is 5.68. The first-order chi connectivity index (χ1) is 12.3. The third-order valence-electron chi connectivity index (χ3n) is 4.42. The lowest BCUT2D eigenvalue weighted by atomic mass is 9.96. The molecule has 1 aliphatic rings. The van der Waals surface area contributed by atoms with Gasteiger partial charge in [0.1, 0.15) is 6.17 Å². The zero-order chi connectivity index (χ0) is 17.1. The number of rotatable bonds is 3. The van der Waals surface area contributed by atoms with Gasteiger partial charge in [0, 0.05) is 6.21 Å². The number of hydrogen-bond donors (Lipinski definition) is 1. The van der Waals surface area contributed by atoms with Crippen molar-refractivity contribution in [2.75, 3.05) is 0 Å². The topological polar surface area (TPSA) is 24.4 Å². The van der Waals surface area contributed by atoms with Gasteiger partial charge in [0.15, 0.2) is 0 Å². The van der Waals surface area contributed by atoms with Crippen molar-refractivity contribution in [3.8, 4) is 22.3 Å². The van der Waals surface area contributed by atoms with Crippen LogP contribution in [0.2, 0.25) is 0 Å². The first kappa shape index (κ1) is 15.4. The highest BCUT2D eigenvalue weighted by molar-refractivity contribution is 5.74. The molecule has 0 spiro atoms. The minimum Gasteiger partial charge on any atom is -0.366 e. The summed E-state index contributed by atoms with van der Waals surface area (Å²) in [5, 5.41) is 3.26. The van der Waals surface area contributed by atoms with Gasteiger partial charge >= 0.3 is 0 Å². The lowest BCUT2D eigenvalue weighted by Gasteiger charge is -2.16. The lowest BCUT2D eigenvalue weighted by molar-refractivity contribution is 0.653. The summed E-state index contributed by atoms with van der Waals surface area (Å²) in [6, 6.07) is 25.9. The van der Waals surface area contributed by atoms with E-state index >= 15 is 0 Å². The maximum absolute atomic E-state index is 4.45. The maximum Gasteiger partial charge on any atom is 0.144 e. The van der Waals surface area contributed by atoms with Crippen LogP contribution in [0.15, 0.2) is 90.1 Å². The zero-order valence-corrected chi connectivity index (χ0v) is 14.2. The molecule has 4 rings (SSSR count). The summed E-state index contributed by atoms with van der Waals surface area (Å²) in [4.78, 5) is 4.45. The van der Waals surface area contributed by atoms with Crippen molar-refractivity contribution in [3.05, 3.63) is 96.2 Å². The standard InChI is InChI=1S/C23H20N2/c1-17-14-21(18-6-3-2-4-7-18)16-22(15-17)19-8-10-20(11-9-19)23-24-12-5-13-25-23/h2-16,23-24H,1H3. The van der Waals surface area contributed by atoms with E-state index in [2.05, 4.69) is 90.0 Å². The van der Waals surface area contributed by atoms with Gasteiger partial charge in [0.2, 0.25) is 0 Å². The molecule has 3 aromatic carbocycles. The molecule has 0 saturated heterocycles. The van der Waals surface area contributed by atoms with E-state index in [1.165, 1.54) is 33.4 Å². The van der Waals surface area contributed by atoms with Crippen molar-refractivity contribution in [1.29, 1.82) is 0 Å². The number of allylic oxidation sites excluding steroid dienone is 1. The van der Waals surface area contributed by atoms with Crippen LogP contribution in [0.1, 0.15) is 17.3 Å². The van der Waals surface area contributed by atoms with Crippen LogP contribution < -0.4 is 5.32 Å². The second-order valence-electron chi connectivity index (χ2n) is 6.30. The third-order valence-corrected chi connectivity index (χ3v) is 4.42. The van der Waals surface area contributed by atoms with E-state index in [0.717, 1.165) is 0 Å². The summed E-state index contributed by atoms with van der Waals surface area (Å²) in [5.41, 5.74) is 7.40. The van der Waals surface area contributed by atoms with Crippen molar-refractivity contribution in [2.24, 2.45) is 4.99 Å². The molecule has 122 valence electrons. The highest BCUT2D eigenvalue weighted by atomic mass is 15.1. The number of aryl methyl sites for hydroxylation is 1. The van der Waals surface area contributed by atoms with Crippen LogP contribution in [-0.2, 0) is 0 Å². The van der Waals surface area contributed by atoms with Gasteiger partial charge in [-0.15, -0.1) is 0 Å². The first-order valence-electron chi connectivity index (χ1n) is 8.51. The molecular weight excluding hydrogens is 304 g/mol. The van der Waals surface area contributed by atoms with Crippen molar-refractivity contribution < 1.29 is 0 Å². The molecule has 2 nitrogen and oxygen atoms in total. The molecule has 25 heavy (non-hydrogen) atoms. The number of nitrogens with one attached hydrogen (secondary N) is 1. The Morgan fingerprint density at radius 2 is 1.44 bits per heavy atom. The summed E-state index contributed by atoms with van der Waals surface area (Å²) in [7, 11) is 0. The Hall–Kier alpha value is -3.13. The molecule has 3 aromatic rings. The molecule has 0 aromatic heterocycles. The van der Waals surface area contributed by atoms with Gasteiger partial charge < -0.3 is 5.32 Å². The van der Waals surface area contributed by atoms with Crippen LogP contribution in [-0.4, -0.2) is 6.21 Å². The van der Waals surface area contributed by atoms with Crippen molar-refractivity contribution >= 4 is 6.21 Å². The average Bonchev–Trinajstić information content (AvgIpc) is 2.69. The van der Waals surface area contributed by atoms with E-state index in [1.54, 1.807) is 0 Å². The van der Waals surface area contributed by atoms with Crippen LogP contribution in [0.3, 0.4) is 0 Å². The largest absolute Gasteiger partial charge is 0.366 e. The third kappa shape index (κ3) is 3.38. The lowest BCUT2D eigenvalue weighted by Crippen LogP contribution is -2.15. The minimum atomic E-state index is 0.0106. The van der Waals surface area contributed by atoms with Crippen molar-refractivity contribution in [3.63, 3.8) is 0 Å². The van der Waals surface area contributed by atoms with Gasteiger partial charge in [-0.3, -0.25) is 4.99 Å². The highest BCUT2D eigenvalue weighted by Crippen LogP contribution is 2.29. The minimum absolute atomic E-state index is 0.0106. The van der Waals surface area contributed by atoms with Crippen LogP contribution in [0.5, 0.6) is 0 Å². The second-order valence-corrected chi connectivity index (χ2v) is 6.30. The van der Waals surface area contributed by atoms with Crippen molar-refractivity contribution in [1.82, 2.24) is 5.32 Å². The van der Waals surface area contributed by atoms with Gasteiger partial charge in [-0.2, -0.15) is 0 Å². The molecule has 1 heterocycles. The number of benzene rings is 3. The smallest absolute Gasteiger partial charge is 0.144 e. The Kier molecular flexibility index (Phi) is 4.17. The monoisotopic (exact) mass is 324 g/mol. The van der Waals surface area contributed by atoms with Crippen LogP contribution in [0.4, 0.5) is 0 Å². The van der Waals surface area contributed by atoms with E-state index in [1.807, 2.05) is 18.5 Å². The fraction of sp³-hybridized carbons (Fsp3) is 0.0870. The second kappa shape index (κ2) is 6.78. The molecule has 0 amide bonds. The van der Waals surface area contributed by atoms with Crippen LogP contribution in [0.25, 0.3) is 22.3 Å². The molecule has 0 saturated carbocycles. The van der Waals surface area contributed by atoms with Crippen molar-refractivity contribution in [2.45, 2.75) is 13.1 Å². The number of aliphatic imine (C=N–C) groups is 1. The molecule has 2 heteroatoms. The fourth-order valence-corrected chi connectivity index (χ4v) is 3.16. The van der Waals surface area contributed by atoms with Gasteiger partial charge in [0.05, 0.1) is 0 Å². The summed E-state index contributed by atoms with van der Waals surface area (Å²) < 4.78 is 0. The summed E-state index contributed by atoms with van der Waals surface area (Å²) >= 11 is 0. The Morgan fingerprint density at radius 3 is 2.08 bits per heavy atom. The molecule has 0 aliphatic carbocycles. The van der Waals surface area contributed by atoms with Gasteiger partial charge in [-0.1, -0.05) is 66.7 Å². The molecule has 1 N–H and O–H groups in total. The van der Waals surface area contributed by atoms with Gasteiger partial charge in [-0.25, -0.2) is 0 Å². The predicted molar refractivity (Wildman–Crippen MR) is 106 cm³/mol. The molecule has 0 bridgehead atoms. The first-order valence-corrected chi connectivity index (χ1v) is 8.51. The normalized spacial score (nSPS) is 15.8. The van der Waals surface area contributed by atoms with Gasteiger partial charge in [-0.05, 0) is 58.6 Å². The zero-order valence-electron chi connectivity index (χ0n) is 14.2. The Labute approximate surface area is 148 Å². The van der Waals surface area contributed by atoms with E-state index < -0.39 is 0 Å². The Balaban J connectivity index is 1.66. The number of hydrogen-bond acceptors (Lipinski definition) is 2. The Morgan fingerprint density at radius 1 is 0.760 bits per heavy atom. The molecule has 1 aliphatic heterocycles. The fourth-order valence-electron chi connectivity index (χ4n) is 3.16. The number of nitrogens with zero attached hydrogens (tertiary/aromatic N) is 1. The molecule has 1 atom stereocenters. The van der Waals surface area contributed by atoms with Gasteiger partial charge in [0.25, 0.3) is 0 Å². The molecule has 1 unspecified atom stereocenters. The molecule has 0 fully saturated rings. The Bertz CT molecular complexity index is 922. The summed E-state index contributed by atoms with van der Waals surface area (Å²) in [5.74, 6) is 0. The highest BCUT2D eigenvalue weighted by Gasteiger charge is 2.09. The average molecular weight is 324 g/mol. The van der Waals surface area contributed by atoms with E-state index in [0.29, 0.717) is 0 Å². The maximum atomic E-state index is 4.45. The quantitative estimate of drug-likeness (QED) is 0.674. The molecular formula is C23H20N2.